The monoisotopic (exact) mass is 477 g/mol. The molecular formula is C31H47N3O. The van der Waals surface area contributed by atoms with Gasteiger partial charge in [-0.2, -0.15) is 15.0 Å². The molecule has 0 amide bonds. The minimum absolute atomic E-state index is 0.234. The van der Waals surface area contributed by atoms with E-state index in [2.05, 4.69) is 13.8 Å². The minimum atomic E-state index is 0.234. The van der Waals surface area contributed by atoms with Crippen molar-refractivity contribution < 1.29 is 5.11 Å². The van der Waals surface area contributed by atoms with Crippen LogP contribution in [0.15, 0.2) is 48.5 Å². The Hall–Kier alpha value is -2.36. The Morgan fingerprint density at radius 3 is 1.89 bits per heavy atom. The number of fused-ring (bicyclic) bond motifs is 1. The molecule has 0 spiro atoms. The van der Waals surface area contributed by atoms with Crippen LogP contribution in [-0.4, -0.2) is 20.1 Å². The second kappa shape index (κ2) is 15.6. The second-order valence-electron chi connectivity index (χ2n) is 10.4. The average Bonchev–Trinajstić information content (AvgIpc) is 3.31. The molecule has 1 aromatic heterocycles. The molecule has 2 atom stereocenters. The Morgan fingerprint density at radius 1 is 0.657 bits per heavy atom. The summed E-state index contributed by atoms with van der Waals surface area (Å²) >= 11 is 0. The maximum atomic E-state index is 9.69. The van der Waals surface area contributed by atoms with Crippen molar-refractivity contribution in [2.24, 2.45) is 5.92 Å². The molecular weight excluding hydrogens is 430 g/mol. The van der Waals surface area contributed by atoms with Gasteiger partial charge in [-0.3, -0.25) is 0 Å². The van der Waals surface area contributed by atoms with Crippen LogP contribution in [0.25, 0.3) is 11.0 Å². The fraction of sp³-hybridized carbons (Fsp3) is 0.613. The van der Waals surface area contributed by atoms with Gasteiger partial charge in [-0.05, 0) is 48.6 Å². The molecule has 0 aliphatic rings. The smallest absolute Gasteiger partial charge is 0.115 e. The van der Waals surface area contributed by atoms with Gasteiger partial charge in [0.15, 0.2) is 0 Å². The van der Waals surface area contributed by atoms with Gasteiger partial charge in [0.2, 0.25) is 0 Å². The number of nitrogens with zero attached hydrogens (tertiary/aromatic N) is 3. The first-order valence-corrected chi connectivity index (χ1v) is 14.3. The molecule has 1 heterocycles. The highest BCUT2D eigenvalue weighted by Crippen LogP contribution is 2.27. The maximum Gasteiger partial charge on any atom is 0.115 e. The van der Waals surface area contributed by atoms with Gasteiger partial charge in [0, 0.05) is 0 Å². The predicted octanol–water partition coefficient (Wildman–Crippen LogP) is 9.04. The molecule has 0 saturated heterocycles. The number of rotatable bonds is 18. The van der Waals surface area contributed by atoms with Crippen LogP contribution in [0.5, 0.6) is 5.75 Å². The van der Waals surface area contributed by atoms with Gasteiger partial charge in [-0.15, -0.1) is 0 Å². The summed E-state index contributed by atoms with van der Waals surface area (Å²) in [6.45, 7) is 4.60. The van der Waals surface area contributed by atoms with E-state index < -0.39 is 0 Å². The standard InChI is InChI=1S/C31H47N3O/c1-3-5-7-8-9-10-11-16-26(15-6-4-2)17-14-18-28(25-27-21-23-29(35)24-22-27)34-32-30-19-12-13-20-31(30)33-34/h12-13,19-24,26,28,35H,3-11,14-18,25H2,1-2H3. The zero-order chi connectivity index (χ0) is 24.7. The molecule has 2 aromatic carbocycles. The molecule has 2 unspecified atom stereocenters. The van der Waals surface area contributed by atoms with Crippen LogP contribution in [0.1, 0.15) is 115 Å². The van der Waals surface area contributed by atoms with Gasteiger partial charge < -0.3 is 5.11 Å². The highest BCUT2D eigenvalue weighted by molar-refractivity contribution is 5.73. The fourth-order valence-electron chi connectivity index (χ4n) is 5.20. The average molecular weight is 478 g/mol. The lowest BCUT2D eigenvalue weighted by atomic mass is 9.89. The van der Waals surface area contributed by atoms with Gasteiger partial charge in [0.25, 0.3) is 0 Å². The van der Waals surface area contributed by atoms with Crippen molar-refractivity contribution in [2.45, 2.75) is 116 Å². The molecule has 3 rings (SSSR count). The van der Waals surface area contributed by atoms with E-state index in [1.165, 1.54) is 89.0 Å². The number of hydrogen-bond acceptors (Lipinski definition) is 3. The van der Waals surface area contributed by atoms with Crippen LogP contribution in [0, 0.1) is 5.92 Å². The van der Waals surface area contributed by atoms with E-state index in [0.717, 1.165) is 29.8 Å². The third-order valence-corrected chi connectivity index (χ3v) is 7.37. The third-order valence-electron chi connectivity index (χ3n) is 7.37. The third kappa shape index (κ3) is 9.66. The van der Waals surface area contributed by atoms with Crippen molar-refractivity contribution in [3.63, 3.8) is 0 Å². The molecule has 0 radical (unpaired) electrons. The Kier molecular flexibility index (Phi) is 12.1. The number of unbranched alkanes of at least 4 members (excludes halogenated alkanes) is 7. The number of aromatic nitrogens is 3. The molecule has 3 aromatic rings. The number of phenols is 1. The van der Waals surface area contributed by atoms with Crippen LogP contribution in [0.2, 0.25) is 0 Å². The number of benzene rings is 2. The highest BCUT2D eigenvalue weighted by Gasteiger charge is 2.17. The lowest BCUT2D eigenvalue weighted by molar-refractivity contribution is 0.328. The first kappa shape index (κ1) is 27.2. The van der Waals surface area contributed by atoms with Gasteiger partial charge in [-0.1, -0.05) is 122 Å². The lowest BCUT2D eigenvalue weighted by Crippen LogP contribution is -2.16. The summed E-state index contributed by atoms with van der Waals surface area (Å²) < 4.78 is 0. The summed E-state index contributed by atoms with van der Waals surface area (Å²) in [5, 5.41) is 19.3. The van der Waals surface area contributed by atoms with Crippen molar-refractivity contribution >= 4 is 11.0 Å². The van der Waals surface area contributed by atoms with Crippen LogP contribution in [0.4, 0.5) is 0 Å². The van der Waals surface area contributed by atoms with Gasteiger partial charge >= 0.3 is 0 Å². The molecule has 0 saturated carbocycles. The molecule has 0 fully saturated rings. The van der Waals surface area contributed by atoms with E-state index >= 15 is 0 Å². The molecule has 1 N–H and O–H groups in total. The summed E-state index contributed by atoms with van der Waals surface area (Å²) in [7, 11) is 0. The van der Waals surface area contributed by atoms with E-state index in [9.17, 15) is 5.11 Å². The molecule has 0 aliphatic heterocycles. The van der Waals surface area contributed by atoms with Crippen LogP contribution in [-0.2, 0) is 6.42 Å². The van der Waals surface area contributed by atoms with Crippen LogP contribution < -0.4 is 0 Å². The Labute approximate surface area is 213 Å². The molecule has 4 heteroatoms. The fourth-order valence-corrected chi connectivity index (χ4v) is 5.20. The maximum absolute atomic E-state index is 9.69. The zero-order valence-electron chi connectivity index (χ0n) is 22.2. The van der Waals surface area contributed by atoms with E-state index in [4.69, 9.17) is 10.2 Å². The van der Waals surface area contributed by atoms with E-state index in [1.54, 1.807) is 12.1 Å². The Morgan fingerprint density at radius 2 is 1.23 bits per heavy atom. The van der Waals surface area contributed by atoms with Gasteiger partial charge in [0.1, 0.15) is 16.8 Å². The first-order chi connectivity index (χ1) is 17.2. The van der Waals surface area contributed by atoms with Crippen molar-refractivity contribution in [1.29, 1.82) is 0 Å². The van der Waals surface area contributed by atoms with Crippen molar-refractivity contribution in [2.75, 3.05) is 0 Å². The molecule has 192 valence electrons. The molecule has 0 aliphatic carbocycles. The topological polar surface area (TPSA) is 50.9 Å². The Bertz CT molecular complexity index is 916. The van der Waals surface area contributed by atoms with Crippen LogP contribution in [0.3, 0.4) is 0 Å². The second-order valence-corrected chi connectivity index (χ2v) is 10.4. The van der Waals surface area contributed by atoms with Crippen LogP contribution >= 0.6 is 0 Å². The SMILES string of the molecule is CCCCCCCCCC(CCCC)CCCC(Cc1ccc(O)cc1)n1nc2ccccc2n1. The number of aromatic hydroxyl groups is 1. The summed E-state index contributed by atoms with van der Waals surface area (Å²) in [4.78, 5) is 1.95. The van der Waals surface area contributed by atoms with Gasteiger partial charge in [-0.25, -0.2) is 0 Å². The largest absolute Gasteiger partial charge is 0.508 e. The predicted molar refractivity (Wildman–Crippen MR) is 148 cm³/mol. The number of hydrogen-bond donors (Lipinski definition) is 1. The summed E-state index contributed by atoms with van der Waals surface area (Å²) in [6, 6.07) is 16.0. The Balaban J connectivity index is 1.56. The first-order valence-electron chi connectivity index (χ1n) is 14.3. The molecule has 35 heavy (non-hydrogen) atoms. The van der Waals surface area contributed by atoms with Crippen molar-refractivity contribution in [3.05, 3.63) is 54.1 Å². The van der Waals surface area contributed by atoms with E-state index in [-0.39, 0.29) is 6.04 Å². The number of phenolic OH excluding ortho intramolecular Hbond substituents is 1. The summed E-state index contributed by atoms with van der Waals surface area (Å²) in [6.07, 6.45) is 19.7. The van der Waals surface area contributed by atoms with Gasteiger partial charge in [0.05, 0.1) is 6.04 Å². The minimum Gasteiger partial charge on any atom is -0.508 e. The quantitative estimate of drug-likeness (QED) is 0.186. The normalized spacial score (nSPS) is 13.3. The summed E-state index contributed by atoms with van der Waals surface area (Å²) in [5.74, 6) is 1.17. The van der Waals surface area contributed by atoms with E-state index in [0.29, 0.717) is 5.75 Å². The molecule has 4 nitrogen and oxygen atoms in total. The van der Waals surface area contributed by atoms with E-state index in [1.807, 2.05) is 41.2 Å². The lowest BCUT2D eigenvalue weighted by Gasteiger charge is -2.20. The molecule has 0 bridgehead atoms. The zero-order valence-corrected chi connectivity index (χ0v) is 22.2. The van der Waals surface area contributed by atoms with Crippen molar-refractivity contribution in [1.82, 2.24) is 15.0 Å². The summed E-state index contributed by atoms with van der Waals surface area (Å²) in [5.41, 5.74) is 3.14. The highest BCUT2D eigenvalue weighted by atomic mass is 16.3. The van der Waals surface area contributed by atoms with Crippen molar-refractivity contribution in [3.8, 4) is 5.75 Å².